The summed E-state index contributed by atoms with van der Waals surface area (Å²) < 4.78 is 9.68. The van der Waals surface area contributed by atoms with Crippen LogP contribution in [-0.4, -0.2) is 23.2 Å². The zero-order chi connectivity index (χ0) is 11.9. The van der Waals surface area contributed by atoms with Crippen molar-refractivity contribution in [3.05, 3.63) is 22.0 Å². The van der Waals surface area contributed by atoms with E-state index in [0.29, 0.717) is 22.5 Å². The van der Waals surface area contributed by atoms with E-state index in [1.807, 2.05) is 0 Å². The molecule has 0 atom stereocenters. The number of halogens is 1. The normalized spacial score (nSPS) is 10.8. The first-order valence-electron chi connectivity index (χ1n) is 4.56. The first kappa shape index (κ1) is 10.9. The van der Waals surface area contributed by atoms with E-state index in [9.17, 15) is 4.79 Å². The van der Waals surface area contributed by atoms with Gasteiger partial charge in [-0.2, -0.15) is 0 Å². The van der Waals surface area contributed by atoms with Crippen LogP contribution in [0.25, 0.3) is 11.1 Å². The SMILES string of the molecule is COC(=O)c1c(Cl)c(C)nc2onc(C)c12. The Kier molecular flexibility index (Phi) is 2.55. The number of hydrogen-bond acceptors (Lipinski definition) is 5. The highest BCUT2D eigenvalue weighted by molar-refractivity contribution is 6.35. The van der Waals surface area contributed by atoms with Gasteiger partial charge in [-0.15, -0.1) is 0 Å². The largest absolute Gasteiger partial charge is 0.465 e. The van der Waals surface area contributed by atoms with Crippen molar-refractivity contribution in [2.75, 3.05) is 7.11 Å². The molecule has 0 amide bonds. The Morgan fingerprint density at radius 2 is 2.06 bits per heavy atom. The summed E-state index contributed by atoms with van der Waals surface area (Å²) in [6, 6.07) is 0. The van der Waals surface area contributed by atoms with Crippen molar-refractivity contribution in [3.8, 4) is 0 Å². The molecule has 0 unspecified atom stereocenters. The van der Waals surface area contributed by atoms with Crippen molar-refractivity contribution in [2.24, 2.45) is 0 Å². The third kappa shape index (κ3) is 1.44. The fraction of sp³-hybridized carbons (Fsp3) is 0.300. The van der Waals surface area contributed by atoms with E-state index < -0.39 is 5.97 Å². The molecule has 0 saturated heterocycles. The van der Waals surface area contributed by atoms with Gasteiger partial charge >= 0.3 is 5.97 Å². The Morgan fingerprint density at radius 1 is 1.38 bits per heavy atom. The molecule has 0 spiro atoms. The molecular weight excluding hydrogens is 232 g/mol. The fourth-order valence-electron chi connectivity index (χ4n) is 1.51. The summed E-state index contributed by atoms with van der Waals surface area (Å²) >= 11 is 6.04. The molecule has 16 heavy (non-hydrogen) atoms. The van der Waals surface area contributed by atoms with E-state index in [2.05, 4.69) is 14.9 Å². The summed E-state index contributed by atoms with van der Waals surface area (Å²) in [4.78, 5) is 15.8. The van der Waals surface area contributed by atoms with Gasteiger partial charge in [-0.3, -0.25) is 0 Å². The zero-order valence-corrected chi connectivity index (χ0v) is 9.75. The quantitative estimate of drug-likeness (QED) is 0.716. The second-order valence-electron chi connectivity index (χ2n) is 3.33. The number of aryl methyl sites for hydroxylation is 2. The first-order valence-corrected chi connectivity index (χ1v) is 4.94. The minimum atomic E-state index is -0.521. The summed E-state index contributed by atoms with van der Waals surface area (Å²) in [7, 11) is 1.29. The zero-order valence-electron chi connectivity index (χ0n) is 9.00. The Labute approximate surface area is 96.3 Å². The highest BCUT2D eigenvalue weighted by Crippen LogP contribution is 2.29. The van der Waals surface area contributed by atoms with Crippen LogP contribution in [-0.2, 0) is 4.74 Å². The lowest BCUT2D eigenvalue weighted by molar-refractivity contribution is 0.0603. The molecule has 0 fully saturated rings. The van der Waals surface area contributed by atoms with Gasteiger partial charge in [-0.25, -0.2) is 9.78 Å². The number of rotatable bonds is 1. The number of carbonyl (C=O) groups excluding carboxylic acids is 1. The summed E-state index contributed by atoms with van der Waals surface area (Å²) in [6.45, 7) is 3.40. The lowest BCUT2D eigenvalue weighted by Gasteiger charge is -2.05. The van der Waals surface area contributed by atoms with Gasteiger partial charge in [0.1, 0.15) is 0 Å². The Bertz CT molecular complexity index is 577. The molecule has 5 nitrogen and oxygen atoms in total. The van der Waals surface area contributed by atoms with Crippen LogP contribution >= 0.6 is 11.6 Å². The molecule has 0 aromatic carbocycles. The lowest BCUT2D eigenvalue weighted by atomic mass is 10.1. The number of esters is 1. The molecular formula is C10H9ClN2O3. The smallest absolute Gasteiger partial charge is 0.340 e. The maximum Gasteiger partial charge on any atom is 0.340 e. The standard InChI is InChI=1S/C10H9ClN2O3/c1-4-6-7(10(14)15-3)8(11)5(2)12-9(6)16-13-4/h1-3H3. The maximum absolute atomic E-state index is 11.6. The van der Waals surface area contributed by atoms with Gasteiger partial charge in [0.2, 0.25) is 0 Å². The van der Waals surface area contributed by atoms with Gasteiger partial charge in [0.25, 0.3) is 5.71 Å². The average Bonchev–Trinajstić information content (AvgIpc) is 2.61. The van der Waals surface area contributed by atoms with Crippen LogP contribution in [0.2, 0.25) is 5.02 Å². The molecule has 0 saturated carbocycles. The van der Waals surface area contributed by atoms with Gasteiger partial charge < -0.3 is 9.26 Å². The second-order valence-corrected chi connectivity index (χ2v) is 3.70. The van der Waals surface area contributed by atoms with Crippen molar-refractivity contribution in [3.63, 3.8) is 0 Å². The van der Waals surface area contributed by atoms with Crippen molar-refractivity contribution in [1.82, 2.24) is 10.1 Å². The van der Waals surface area contributed by atoms with Gasteiger partial charge in [0, 0.05) is 0 Å². The van der Waals surface area contributed by atoms with E-state index in [-0.39, 0.29) is 10.6 Å². The number of ether oxygens (including phenoxy) is 1. The molecule has 0 aliphatic heterocycles. The van der Waals surface area contributed by atoms with Gasteiger partial charge in [-0.1, -0.05) is 16.8 Å². The molecule has 0 aliphatic carbocycles. The van der Waals surface area contributed by atoms with Crippen molar-refractivity contribution >= 4 is 28.7 Å². The first-order chi connectivity index (χ1) is 7.56. The van der Waals surface area contributed by atoms with Crippen LogP contribution in [0.15, 0.2) is 4.52 Å². The van der Waals surface area contributed by atoms with Crippen molar-refractivity contribution in [2.45, 2.75) is 13.8 Å². The molecule has 0 N–H and O–H groups in total. The van der Waals surface area contributed by atoms with E-state index in [4.69, 9.17) is 16.1 Å². The molecule has 0 radical (unpaired) electrons. The number of carbonyl (C=O) groups is 1. The third-order valence-electron chi connectivity index (χ3n) is 2.29. The number of nitrogens with zero attached hydrogens (tertiary/aromatic N) is 2. The molecule has 84 valence electrons. The second kappa shape index (κ2) is 3.75. The number of aromatic nitrogens is 2. The minimum absolute atomic E-state index is 0.255. The van der Waals surface area contributed by atoms with Crippen molar-refractivity contribution in [1.29, 1.82) is 0 Å². The Balaban J connectivity index is 2.90. The minimum Gasteiger partial charge on any atom is -0.465 e. The summed E-state index contributed by atoms with van der Waals surface area (Å²) in [5.41, 5.74) is 1.61. The molecule has 6 heteroatoms. The predicted molar refractivity (Wildman–Crippen MR) is 57.6 cm³/mol. The van der Waals surface area contributed by atoms with E-state index in [0.717, 1.165) is 0 Å². The predicted octanol–water partition coefficient (Wildman–Crippen LogP) is 2.28. The highest BCUT2D eigenvalue weighted by Gasteiger charge is 2.22. The highest BCUT2D eigenvalue weighted by atomic mass is 35.5. The number of pyridine rings is 1. The Hall–Kier alpha value is -1.62. The molecule has 0 bridgehead atoms. The van der Waals surface area contributed by atoms with Crippen LogP contribution in [0.1, 0.15) is 21.7 Å². The van der Waals surface area contributed by atoms with Crippen LogP contribution in [0.5, 0.6) is 0 Å². The summed E-state index contributed by atoms with van der Waals surface area (Å²) in [6.07, 6.45) is 0. The topological polar surface area (TPSA) is 65.2 Å². The monoisotopic (exact) mass is 240 g/mol. The van der Waals surface area contributed by atoms with Crippen molar-refractivity contribution < 1.29 is 14.1 Å². The van der Waals surface area contributed by atoms with Gasteiger partial charge in [-0.05, 0) is 13.8 Å². The number of fused-ring (bicyclic) bond motifs is 1. The molecule has 2 heterocycles. The van der Waals surface area contributed by atoms with Crippen LogP contribution in [0, 0.1) is 13.8 Å². The van der Waals surface area contributed by atoms with Crippen LogP contribution < -0.4 is 0 Å². The van der Waals surface area contributed by atoms with E-state index >= 15 is 0 Å². The van der Waals surface area contributed by atoms with Gasteiger partial charge in [0.05, 0.1) is 34.5 Å². The maximum atomic E-state index is 11.6. The van der Waals surface area contributed by atoms with Gasteiger partial charge in [0.15, 0.2) is 0 Å². The average molecular weight is 241 g/mol. The van der Waals surface area contributed by atoms with E-state index in [1.165, 1.54) is 7.11 Å². The summed E-state index contributed by atoms with van der Waals surface area (Å²) in [5.74, 6) is -0.521. The number of hydrogen-bond donors (Lipinski definition) is 0. The third-order valence-corrected chi connectivity index (χ3v) is 2.75. The van der Waals surface area contributed by atoms with Crippen LogP contribution in [0.4, 0.5) is 0 Å². The van der Waals surface area contributed by atoms with E-state index in [1.54, 1.807) is 13.8 Å². The Morgan fingerprint density at radius 3 is 2.69 bits per heavy atom. The van der Waals surface area contributed by atoms with Crippen LogP contribution in [0.3, 0.4) is 0 Å². The molecule has 2 aromatic heterocycles. The molecule has 2 aromatic rings. The molecule has 0 aliphatic rings. The molecule has 2 rings (SSSR count). The number of methoxy groups -OCH3 is 1. The fourth-order valence-corrected chi connectivity index (χ4v) is 1.72. The lowest BCUT2D eigenvalue weighted by Crippen LogP contribution is -2.05. The summed E-state index contributed by atoms with van der Waals surface area (Å²) in [5, 5.41) is 4.52.